The highest BCUT2D eigenvalue weighted by Crippen LogP contribution is 2.21. The van der Waals surface area contributed by atoms with Crippen molar-refractivity contribution in [2.24, 2.45) is 0 Å². The molecule has 1 aromatic carbocycles. The summed E-state index contributed by atoms with van der Waals surface area (Å²) < 4.78 is 6.17. The number of hydrogen-bond acceptors (Lipinski definition) is 3. The maximum Gasteiger partial charge on any atom is 0.255 e. The largest absolute Gasteiger partial charge is 0.507 e. The number of aromatic hydroxyl groups is 1. The molecule has 0 saturated carbocycles. The van der Waals surface area contributed by atoms with E-state index in [9.17, 15) is 9.90 Å². The van der Waals surface area contributed by atoms with Gasteiger partial charge in [0, 0.05) is 17.6 Å². The Morgan fingerprint density at radius 3 is 2.84 bits per heavy atom. The second-order valence-corrected chi connectivity index (χ2v) is 5.46. The first kappa shape index (κ1) is 16.0. The van der Waals surface area contributed by atoms with Gasteiger partial charge in [0.05, 0.1) is 11.7 Å². The highest BCUT2D eigenvalue weighted by molar-refractivity contribution is 9.10. The van der Waals surface area contributed by atoms with E-state index in [2.05, 4.69) is 21.2 Å². The molecule has 4 nitrogen and oxygen atoms in total. The number of hydrogen-bond donors (Lipinski definition) is 2. The van der Waals surface area contributed by atoms with Crippen LogP contribution in [0.15, 0.2) is 22.7 Å². The Labute approximate surface area is 122 Å². The zero-order valence-electron chi connectivity index (χ0n) is 11.3. The van der Waals surface area contributed by atoms with Crippen molar-refractivity contribution in [1.82, 2.24) is 5.32 Å². The quantitative estimate of drug-likeness (QED) is 0.756. The summed E-state index contributed by atoms with van der Waals surface area (Å²) in [5.41, 5.74) is 0.285. The van der Waals surface area contributed by atoms with Crippen molar-refractivity contribution in [3.63, 3.8) is 0 Å². The van der Waals surface area contributed by atoms with Gasteiger partial charge in [-0.2, -0.15) is 0 Å². The minimum atomic E-state index is -0.261. The van der Waals surface area contributed by atoms with Crippen LogP contribution in [0.3, 0.4) is 0 Å². The number of phenolic OH excluding ortho intramolecular Hbond substituents is 1. The lowest BCUT2D eigenvalue weighted by Gasteiger charge is -2.09. The molecule has 0 saturated heterocycles. The molecule has 0 aliphatic carbocycles. The van der Waals surface area contributed by atoms with E-state index in [4.69, 9.17) is 4.74 Å². The smallest absolute Gasteiger partial charge is 0.255 e. The molecule has 5 heteroatoms. The van der Waals surface area contributed by atoms with Crippen molar-refractivity contribution < 1.29 is 14.6 Å². The van der Waals surface area contributed by atoms with Gasteiger partial charge in [-0.1, -0.05) is 15.9 Å². The third-order valence-electron chi connectivity index (χ3n) is 2.51. The third-order valence-corrected chi connectivity index (χ3v) is 3.00. The van der Waals surface area contributed by atoms with Crippen LogP contribution in [0, 0.1) is 0 Å². The second-order valence-electron chi connectivity index (χ2n) is 4.54. The average Bonchev–Trinajstić information content (AvgIpc) is 2.36. The summed E-state index contributed by atoms with van der Waals surface area (Å²) in [4.78, 5) is 11.8. The van der Waals surface area contributed by atoms with Gasteiger partial charge in [0.25, 0.3) is 5.91 Å². The number of ether oxygens (including phenoxy) is 1. The Balaban J connectivity index is 2.29. The van der Waals surface area contributed by atoms with Gasteiger partial charge in [-0.05, 0) is 44.9 Å². The molecule has 106 valence electrons. The molecule has 0 aliphatic rings. The zero-order valence-corrected chi connectivity index (χ0v) is 12.9. The number of carbonyl (C=O) groups excluding carboxylic acids is 1. The van der Waals surface area contributed by atoms with Crippen molar-refractivity contribution >= 4 is 21.8 Å². The van der Waals surface area contributed by atoms with E-state index in [1.165, 1.54) is 6.07 Å². The van der Waals surface area contributed by atoms with E-state index in [0.717, 1.165) is 17.3 Å². The monoisotopic (exact) mass is 329 g/mol. The number of benzene rings is 1. The SMILES string of the molecule is CC(C)OCCCCNC(=O)c1cc(Br)ccc1O. The lowest BCUT2D eigenvalue weighted by Crippen LogP contribution is -2.24. The topological polar surface area (TPSA) is 58.6 Å². The molecule has 1 amide bonds. The fourth-order valence-electron chi connectivity index (χ4n) is 1.53. The van der Waals surface area contributed by atoms with Crippen molar-refractivity contribution in [1.29, 1.82) is 0 Å². The molecule has 0 aliphatic heterocycles. The molecule has 0 fully saturated rings. The summed E-state index contributed by atoms with van der Waals surface area (Å²) in [5.74, 6) is -0.271. The average molecular weight is 330 g/mol. The van der Waals surface area contributed by atoms with E-state index in [0.29, 0.717) is 13.2 Å². The number of carbonyl (C=O) groups is 1. The first-order valence-electron chi connectivity index (χ1n) is 6.39. The van der Waals surface area contributed by atoms with Crippen molar-refractivity contribution in [2.75, 3.05) is 13.2 Å². The van der Waals surface area contributed by atoms with Gasteiger partial charge in [-0.3, -0.25) is 4.79 Å². The van der Waals surface area contributed by atoms with Crippen LogP contribution >= 0.6 is 15.9 Å². The molecule has 2 N–H and O–H groups in total. The van der Waals surface area contributed by atoms with Gasteiger partial charge in [0.2, 0.25) is 0 Å². The molecule has 0 spiro atoms. The van der Waals surface area contributed by atoms with Crippen LogP contribution in [-0.4, -0.2) is 30.3 Å². The number of amides is 1. The van der Waals surface area contributed by atoms with Gasteiger partial charge < -0.3 is 15.2 Å². The number of nitrogens with one attached hydrogen (secondary N) is 1. The molecule has 1 aromatic rings. The molecule has 0 atom stereocenters. The minimum absolute atomic E-state index is 0.0103. The molecule has 0 heterocycles. The van der Waals surface area contributed by atoms with Crippen LogP contribution in [0.1, 0.15) is 37.0 Å². The highest BCUT2D eigenvalue weighted by Gasteiger charge is 2.10. The summed E-state index contributed by atoms with van der Waals surface area (Å²) in [6.07, 6.45) is 2.00. The lowest BCUT2D eigenvalue weighted by atomic mass is 10.2. The standard InChI is InChI=1S/C14H20BrNO3/c1-10(2)19-8-4-3-7-16-14(18)12-9-11(15)5-6-13(12)17/h5-6,9-10,17H,3-4,7-8H2,1-2H3,(H,16,18). The first-order chi connectivity index (χ1) is 9.00. The van der Waals surface area contributed by atoms with E-state index >= 15 is 0 Å². The molecule has 0 radical (unpaired) electrons. The maximum absolute atomic E-state index is 11.8. The molecule has 0 aromatic heterocycles. The van der Waals surface area contributed by atoms with Crippen molar-refractivity contribution in [3.8, 4) is 5.75 Å². The van der Waals surface area contributed by atoms with E-state index < -0.39 is 0 Å². The van der Waals surface area contributed by atoms with Gasteiger partial charge in [-0.25, -0.2) is 0 Å². The van der Waals surface area contributed by atoms with E-state index in [1.807, 2.05) is 13.8 Å². The van der Waals surface area contributed by atoms with Crippen LogP contribution in [0.25, 0.3) is 0 Å². The lowest BCUT2D eigenvalue weighted by molar-refractivity contribution is 0.0754. The zero-order chi connectivity index (χ0) is 14.3. The first-order valence-corrected chi connectivity index (χ1v) is 7.18. The molecule has 1 rings (SSSR count). The molecule has 0 bridgehead atoms. The Bertz CT molecular complexity index is 421. The van der Waals surface area contributed by atoms with Crippen molar-refractivity contribution in [2.45, 2.75) is 32.8 Å². The summed E-state index contributed by atoms with van der Waals surface area (Å²) in [6, 6.07) is 4.79. The Morgan fingerprint density at radius 1 is 1.42 bits per heavy atom. The summed E-state index contributed by atoms with van der Waals surface area (Å²) in [5, 5.41) is 12.4. The normalized spacial score (nSPS) is 10.7. The van der Waals surface area contributed by atoms with Crippen LogP contribution < -0.4 is 5.32 Å². The van der Waals surface area contributed by atoms with Crippen LogP contribution in [0.2, 0.25) is 0 Å². The minimum Gasteiger partial charge on any atom is -0.507 e. The number of rotatable bonds is 7. The number of halogens is 1. The number of unbranched alkanes of at least 4 members (excludes halogenated alkanes) is 1. The van der Waals surface area contributed by atoms with Crippen LogP contribution in [0.4, 0.5) is 0 Å². The molecular weight excluding hydrogens is 310 g/mol. The Morgan fingerprint density at radius 2 is 2.16 bits per heavy atom. The van der Waals surface area contributed by atoms with Gasteiger partial charge in [0.15, 0.2) is 0 Å². The summed E-state index contributed by atoms with van der Waals surface area (Å²) >= 11 is 3.27. The summed E-state index contributed by atoms with van der Waals surface area (Å²) in [6.45, 7) is 5.28. The number of phenols is 1. The highest BCUT2D eigenvalue weighted by atomic mass is 79.9. The predicted molar refractivity (Wildman–Crippen MR) is 78.5 cm³/mol. The van der Waals surface area contributed by atoms with Crippen LogP contribution in [0.5, 0.6) is 5.75 Å². The Kier molecular flexibility index (Phi) is 6.87. The van der Waals surface area contributed by atoms with Gasteiger partial charge in [-0.15, -0.1) is 0 Å². The molecule has 19 heavy (non-hydrogen) atoms. The van der Waals surface area contributed by atoms with E-state index in [-0.39, 0.29) is 23.3 Å². The van der Waals surface area contributed by atoms with Crippen molar-refractivity contribution in [3.05, 3.63) is 28.2 Å². The van der Waals surface area contributed by atoms with E-state index in [1.54, 1.807) is 12.1 Å². The fourth-order valence-corrected chi connectivity index (χ4v) is 1.89. The third kappa shape index (κ3) is 6.07. The predicted octanol–water partition coefficient (Wildman–Crippen LogP) is 3.09. The summed E-state index contributed by atoms with van der Waals surface area (Å²) in [7, 11) is 0. The Hall–Kier alpha value is -1.07. The molecule has 0 unspecified atom stereocenters. The second kappa shape index (κ2) is 8.17. The fraction of sp³-hybridized carbons (Fsp3) is 0.500. The van der Waals surface area contributed by atoms with Gasteiger partial charge >= 0.3 is 0 Å². The molecular formula is C14H20BrNO3. The maximum atomic E-state index is 11.8. The van der Waals surface area contributed by atoms with Crippen LogP contribution in [-0.2, 0) is 4.74 Å². The van der Waals surface area contributed by atoms with Gasteiger partial charge in [0.1, 0.15) is 5.75 Å².